The summed E-state index contributed by atoms with van der Waals surface area (Å²) in [7, 11) is 0. The number of aryl methyl sites for hydroxylation is 1. The van der Waals surface area contributed by atoms with Gasteiger partial charge in [-0.3, -0.25) is 14.4 Å². The van der Waals surface area contributed by atoms with Crippen LogP contribution in [0, 0.1) is 6.92 Å². The van der Waals surface area contributed by atoms with Gasteiger partial charge in [0.15, 0.2) is 5.16 Å². The highest BCUT2D eigenvalue weighted by Crippen LogP contribution is 2.31. The van der Waals surface area contributed by atoms with Crippen molar-refractivity contribution in [3.05, 3.63) is 80.6 Å². The highest BCUT2D eigenvalue weighted by atomic mass is 35.5. The summed E-state index contributed by atoms with van der Waals surface area (Å²) in [6, 6.07) is 14.5. The van der Waals surface area contributed by atoms with E-state index in [0.29, 0.717) is 21.6 Å². The van der Waals surface area contributed by atoms with Crippen molar-refractivity contribution in [2.75, 3.05) is 10.6 Å². The Morgan fingerprint density at radius 1 is 1.19 bits per heavy atom. The van der Waals surface area contributed by atoms with E-state index in [2.05, 4.69) is 20.6 Å². The zero-order valence-electron chi connectivity index (χ0n) is 16.6. The molecular formula is C22H19ClN4O3S. The third-order valence-electron chi connectivity index (χ3n) is 4.98. The van der Waals surface area contributed by atoms with Crippen LogP contribution in [0.5, 0.6) is 0 Å². The number of benzene rings is 2. The quantitative estimate of drug-likeness (QED) is 0.398. The van der Waals surface area contributed by atoms with Crippen LogP contribution in [-0.4, -0.2) is 21.8 Å². The van der Waals surface area contributed by atoms with Crippen LogP contribution in [0.3, 0.4) is 0 Å². The van der Waals surface area contributed by atoms with Crippen LogP contribution in [0.2, 0.25) is 5.02 Å². The molecule has 0 spiro atoms. The highest BCUT2D eigenvalue weighted by Gasteiger charge is 2.34. The van der Waals surface area contributed by atoms with Crippen molar-refractivity contribution in [2.45, 2.75) is 30.2 Å². The Bertz CT molecular complexity index is 1210. The maximum atomic E-state index is 12.8. The lowest BCUT2D eigenvalue weighted by Gasteiger charge is -2.23. The lowest BCUT2D eigenvalue weighted by Crippen LogP contribution is -2.36. The molecule has 2 amide bonds. The minimum Gasteiger partial charge on any atom is -0.326 e. The molecule has 31 heavy (non-hydrogen) atoms. The number of H-pyrrole nitrogens is 1. The van der Waals surface area contributed by atoms with Crippen LogP contribution in [0.1, 0.15) is 29.0 Å². The molecule has 1 aromatic heterocycles. The average molecular weight is 455 g/mol. The van der Waals surface area contributed by atoms with Crippen LogP contribution in [0.4, 0.5) is 11.5 Å². The van der Waals surface area contributed by atoms with Crippen molar-refractivity contribution in [2.24, 2.45) is 0 Å². The van der Waals surface area contributed by atoms with Gasteiger partial charge in [-0.2, -0.15) is 0 Å². The first-order chi connectivity index (χ1) is 14.9. The van der Waals surface area contributed by atoms with Crippen LogP contribution in [-0.2, 0) is 15.3 Å². The third kappa shape index (κ3) is 4.81. The predicted octanol–water partition coefficient (Wildman–Crippen LogP) is 4.09. The fourth-order valence-electron chi connectivity index (χ4n) is 3.32. The number of fused-ring (bicyclic) bond motifs is 1. The molecule has 1 atom stereocenters. The summed E-state index contributed by atoms with van der Waals surface area (Å²) in [6.07, 6.45) is -0.132. The van der Waals surface area contributed by atoms with Crippen LogP contribution < -0.4 is 16.2 Å². The van der Waals surface area contributed by atoms with Crippen LogP contribution >= 0.6 is 23.4 Å². The highest BCUT2D eigenvalue weighted by molar-refractivity contribution is 7.98. The molecule has 4 rings (SSSR count). The van der Waals surface area contributed by atoms with Gasteiger partial charge < -0.3 is 15.6 Å². The number of rotatable bonds is 5. The fraction of sp³-hybridized carbons (Fsp3) is 0.182. The summed E-state index contributed by atoms with van der Waals surface area (Å²) < 4.78 is 0. The molecule has 7 nitrogen and oxygen atoms in total. The lowest BCUT2D eigenvalue weighted by molar-refractivity contribution is -0.123. The van der Waals surface area contributed by atoms with Gasteiger partial charge in [0.05, 0.1) is 11.5 Å². The zero-order chi connectivity index (χ0) is 22.0. The van der Waals surface area contributed by atoms with Crippen LogP contribution in [0.25, 0.3) is 0 Å². The SMILES string of the molecule is Cc1ccccc1CSc1nc2c(c(=O)[nH]1)[C@H](C(=O)Nc1ccc(Cl)cc1)CC(=O)N2. The molecule has 0 bridgehead atoms. The molecule has 1 aliphatic rings. The number of nitrogens with zero attached hydrogens (tertiary/aromatic N) is 1. The number of aromatic amines is 1. The van der Waals surface area contributed by atoms with E-state index in [0.717, 1.165) is 11.1 Å². The summed E-state index contributed by atoms with van der Waals surface area (Å²) >= 11 is 7.23. The van der Waals surface area contributed by atoms with E-state index in [4.69, 9.17) is 11.6 Å². The van der Waals surface area contributed by atoms with E-state index >= 15 is 0 Å². The van der Waals surface area contributed by atoms with Crippen LogP contribution in [0.15, 0.2) is 58.5 Å². The summed E-state index contributed by atoms with van der Waals surface area (Å²) in [5.74, 6) is -1.01. The molecule has 158 valence electrons. The first-order valence-electron chi connectivity index (χ1n) is 9.58. The third-order valence-corrected chi connectivity index (χ3v) is 6.16. The molecule has 0 saturated carbocycles. The topological polar surface area (TPSA) is 104 Å². The van der Waals surface area contributed by atoms with Crippen molar-refractivity contribution in [1.29, 1.82) is 0 Å². The Kier molecular flexibility index (Phi) is 6.11. The Hall–Kier alpha value is -3.10. The number of halogens is 1. The zero-order valence-corrected chi connectivity index (χ0v) is 18.1. The first kappa shape index (κ1) is 21.1. The van der Waals surface area contributed by atoms with E-state index in [1.54, 1.807) is 24.3 Å². The number of hydrogen-bond acceptors (Lipinski definition) is 5. The van der Waals surface area contributed by atoms with E-state index in [1.165, 1.54) is 11.8 Å². The van der Waals surface area contributed by atoms with Gasteiger partial charge in [-0.1, -0.05) is 47.6 Å². The molecule has 2 aromatic carbocycles. The molecule has 0 radical (unpaired) electrons. The molecule has 0 unspecified atom stereocenters. The second-order valence-electron chi connectivity index (χ2n) is 7.15. The summed E-state index contributed by atoms with van der Waals surface area (Å²) in [5.41, 5.74) is 2.51. The van der Waals surface area contributed by atoms with E-state index in [-0.39, 0.29) is 23.7 Å². The maximum Gasteiger partial charge on any atom is 0.257 e. The molecule has 3 aromatic rings. The Labute approximate surface area is 187 Å². The number of anilines is 2. The monoisotopic (exact) mass is 454 g/mol. The average Bonchev–Trinajstić information content (AvgIpc) is 2.74. The van der Waals surface area contributed by atoms with Crippen molar-refractivity contribution in [3.8, 4) is 0 Å². The van der Waals surface area contributed by atoms with E-state index in [1.807, 2.05) is 31.2 Å². The molecular weight excluding hydrogens is 436 g/mol. The minimum absolute atomic E-state index is 0.128. The second-order valence-corrected chi connectivity index (χ2v) is 8.55. The number of aromatic nitrogens is 2. The number of carbonyl (C=O) groups excluding carboxylic acids is 2. The fourth-order valence-corrected chi connectivity index (χ4v) is 4.39. The van der Waals surface area contributed by atoms with Gasteiger partial charge in [0.1, 0.15) is 5.82 Å². The molecule has 9 heteroatoms. The van der Waals surface area contributed by atoms with E-state index in [9.17, 15) is 14.4 Å². The molecule has 3 N–H and O–H groups in total. The van der Waals surface area contributed by atoms with Crippen molar-refractivity contribution < 1.29 is 9.59 Å². The Morgan fingerprint density at radius 3 is 2.68 bits per heavy atom. The first-order valence-corrected chi connectivity index (χ1v) is 10.9. The van der Waals surface area contributed by atoms with Gasteiger partial charge >= 0.3 is 0 Å². The molecule has 0 saturated heterocycles. The predicted molar refractivity (Wildman–Crippen MR) is 122 cm³/mol. The Morgan fingerprint density at radius 2 is 1.94 bits per heavy atom. The van der Waals surface area contributed by atoms with Gasteiger partial charge in [-0.15, -0.1) is 0 Å². The van der Waals surface area contributed by atoms with Crippen molar-refractivity contribution in [3.63, 3.8) is 0 Å². The summed E-state index contributed by atoms with van der Waals surface area (Å²) in [5, 5.41) is 6.28. The van der Waals surface area contributed by atoms with Gasteiger partial charge in [0, 0.05) is 22.9 Å². The normalized spacial score (nSPS) is 15.2. The number of thioether (sulfide) groups is 1. The number of nitrogens with one attached hydrogen (secondary N) is 3. The summed E-state index contributed by atoms with van der Waals surface area (Å²) in [4.78, 5) is 45.0. The van der Waals surface area contributed by atoms with Gasteiger partial charge in [-0.05, 0) is 42.3 Å². The maximum absolute atomic E-state index is 12.8. The molecule has 2 heterocycles. The molecule has 1 aliphatic heterocycles. The van der Waals surface area contributed by atoms with E-state index < -0.39 is 17.4 Å². The minimum atomic E-state index is -0.939. The summed E-state index contributed by atoms with van der Waals surface area (Å²) in [6.45, 7) is 2.02. The molecule has 0 fully saturated rings. The number of carbonyl (C=O) groups is 2. The van der Waals surface area contributed by atoms with Gasteiger partial charge in [0.25, 0.3) is 5.56 Å². The Balaban J connectivity index is 1.58. The number of hydrogen-bond donors (Lipinski definition) is 3. The number of amides is 2. The van der Waals surface area contributed by atoms with Crippen molar-refractivity contribution in [1.82, 2.24) is 9.97 Å². The van der Waals surface area contributed by atoms with Gasteiger partial charge in [-0.25, -0.2) is 4.98 Å². The second kappa shape index (κ2) is 8.95. The standard InChI is InChI=1S/C22H19ClN4O3S/c1-12-4-2-3-5-13(12)11-31-22-26-19-18(21(30)27-22)16(10-17(28)25-19)20(29)24-15-8-6-14(23)7-9-15/h2-9,16H,10-11H2,1H3,(H,24,29)(H2,25,26,27,28,30)/t16-/m1/s1. The molecule has 0 aliphatic carbocycles. The smallest absolute Gasteiger partial charge is 0.257 e. The lowest BCUT2D eigenvalue weighted by atomic mass is 9.92. The van der Waals surface area contributed by atoms with Gasteiger partial charge in [0.2, 0.25) is 11.8 Å². The van der Waals surface area contributed by atoms with Crippen molar-refractivity contribution >= 4 is 46.7 Å². The largest absolute Gasteiger partial charge is 0.326 e.